The van der Waals surface area contributed by atoms with E-state index in [2.05, 4.69) is 27.8 Å². The van der Waals surface area contributed by atoms with Crippen molar-refractivity contribution in [3.05, 3.63) is 24.4 Å². The topological polar surface area (TPSA) is 297 Å². The van der Waals surface area contributed by atoms with Gasteiger partial charge in [0.1, 0.15) is 72.9 Å². The molecule has 0 radical (unpaired) electrons. The highest BCUT2D eigenvalue weighted by molar-refractivity contribution is 6.02. The van der Waals surface area contributed by atoms with Crippen LogP contribution in [0, 0.1) is 35.5 Å². The molecule has 0 aliphatic carbocycles. The lowest BCUT2D eigenvalue weighted by Crippen LogP contribution is -2.63. The Morgan fingerprint density at radius 1 is 0.544 bits per heavy atom. The minimum absolute atomic E-state index is 0.0555. The molecule has 514 valence electrons. The highest BCUT2D eigenvalue weighted by Crippen LogP contribution is 2.27. The van der Waals surface area contributed by atoms with Crippen LogP contribution in [0.25, 0.3) is 0 Å². The molecule has 0 aromatic rings. The lowest BCUT2D eigenvalue weighted by Gasteiger charge is -2.41. The summed E-state index contributed by atoms with van der Waals surface area (Å²) in [5.41, 5.74) is -1.59. The van der Waals surface area contributed by atoms with Crippen molar-refractivity contribution in [2.75, 3.05) is 63.2 Å². The van der Waals surface area contributed by atoms with E-state index in [4.69, 9.17) is 9.47 Å². The van der Waals surface area contributed by atoms with Crippen molar-refractivity contribution in [1.29, 1.82) is 0 Å². The minimum Gasteiger partial charge on any atom is -0.390 e. The number of rotatable bonds is 18. The first-order chi connectivity index (χ1) is 41.5. The summed E-state index contributed by atoms with van der Waals surface area (Å²) >= 11 is 0. The van der Waals surface area contributed by atoms with Crippen molar-refractivity contribution in [1.82, 2.24) is 55.6 Å². The molecule has 11 amide bonds. The molecular weight excluding hydrogens is 1160 g/mol. The van der Waals surface area contributed by atoms with Gasteiger partial charge in [0.2, 0.25) is 59.1 Å². The van der Waals surface area contributed by atoms with Crippen LogP contribution in [0.4, 0.5) is 0 Å². The number of hydrogen-bond acceptors (Lipinski definition) is 14. The molecule has 0 bridgehead atoms. The molecular formula is C65H115N11O14. The van der Waals surface area contributed by atoms with Crippen LogP contribution in [0.3, 0.4) is 0 Å². The third-order valence-corrected chi connectivity index (χ3v) is 16.8. The number of nitrogens with zero attached hydrogens (tertiary/aromatic N) is 7. The van der Waals surface area contributed by atoms with Gasteiger partial charge in [0.05, 0.1) is 11.7 Å². The summed E-state index contributed by atoms with van der Waals surface area (Å²) in [6.45, 7) is 33.0. The number of methoxy groups -OCH3 is 1. The second-order valence-corrected chi connectivity index (χ2v) is 27.0. The Hall–Kier alpha value is -6.47. The van der Waals surface area contributed by atoms with Crippen molar-refractivity contribution in [2.24, 2.45) is 35.5 Å². The fourth-order valence-corrected chi connectivity index (χ4v) is 11.0. The largest absolute Gasteiger partial charge is 0.390 e. The lowest BCUT2D eigenvalue weighted by molar-refractivity contribution is -0.157. The fourth-order valence-electron chi connectivity index (χ4n) is 11.0. The third-order valence-electron chi connectivity index (χ3n) is 16.8. The molecule has 25 nitrogen and oxygen atoms in total. The van der Waals surface area contributed by atoms with E-state index in [1.165, 1.54) is 89.9 Å². The predicted molar refractivity (Wildman–Crippen MR) is 345 cm³/mol. The second-order valence-electron chi connectivity index (χ2n) is 27.0. The van der Waals surface area contributed by atoms with Crippen molar-refractivity contribution < 1.29 is 67.3 Å². The molecule has 25 heteroatoms. The number of carbonyl (C=O) groups excluding carboxylic acids is 11. The van der Waals surface area contributed by atoms with Gasteiger partial charge in [-0.3, -0.25) is 52.7 Å². The SMILES string of the molecule is C=C1C(=O)N(C)[C@@H](CC(C)(C)OCOC)C(=O)N[C@@H](C(C)C)C(=O)N(C)[C@@H](CC(C)C)C(=O)N[C@@H](C)C(=O)N[C@H](C)C(=O)N(C)[C@@H](CC(C)C)C(=O)N(C)[C@@H](CC(C)C)C(=O)N(C)[C@@H](C(C)C)C(=O)N(C)[C@@H]([C@H](O)[C@H](C)C/C=C/C)C(=O)N[C@@H](CC)C(=O)N1C. The average molecular weight is 1270 g/mol. The standard InChI is InChI=1S/C65H115N11O14/c1-27-29-30-41(13)53(77)52-57(81)68-45(28-2)60(84)70(19)44(16)59(83)74(23)49(34-65(17,18)90-35-89-26)56(80)69-50(39(9)10)63(87)71(20)46(31-36(3)4)55(79)66-42(14)54(78)67-43(15)58(82)72(21)47(32-37(5)6)61(85)73(22)48(33-38(7)8)62(86)75(24)51(40(11)12)64(88)76(52)25/h27,29,36-43,45-53,77H,16,28,30-35H2,1-15,17-26H3,(H,66,79)(H,67,78)(H,68,81)(H,69,80)/b29-27+/t41-,42+,43-,45+,46+,47+,48+,49+,50+,51+,52+,53-/m1/s1. The molecule has 1 aliphatic heterocycles. The molecule has 1 rings (SSSR count). The maximum absolute atomic E-state index is 15.2. The minimum atomic E-state index is -1.66. The van der Waals surface area contributed by atoms with Crippen LogP contribution in [0.2, 0.25) is 0 Å². The molecule has 0 unspecified atom stereocenters. The van der Waals surface area contributed by atoms with Gasteiger partial charge in [-0.15, -0.1) is 0 Å². The molecule has 0 spiro atoms. The number of aliphatic hydroxyl groups is 1. The number of amides is 11. The number of hydrogen-bond donors (Lipinski definition) is 5. The Labute approximate surface area is 537 Å². The zero-order valence-electron chi connectivity index (χ0n) is 59.0. The van der Waals surface area contributed by atoms with Gasteiger partial charge in [-0.25, -0.2) is 0 Å². The normalized spacial score (nSPS) is 26.2. The Morgan fingerprint density at radius 2 is 1.00 bits per heavy atom. The van der Waals surface area contributed by atoms with Crippen molar-refractivity contribution in [3.63, 3.8) is 0 Å². The third kappa shape index (κ3) is 22.4. The number of ether oxygens (including phenoxy) is 2. The maximum Gasteiger partial charge on any atom is 0.270 e. The first kappa shape index (κ1) is 81.5. The van der Waals surface area contributed by atoms with Crippen LogP contribution >= 0.6 is 0 Å². The first-order valence-corrected chi connectivity index (χ1v) is 31.7. The zero-order chi connectivity index (χ0) is 69.9. The predicted octanol–water partition coefficient (Wildman–Crippen LogP) is 3.53. The maximum atomic E-state index is 15.2. The number of nitrogens with one attached hydrogen (secondary N) is 4. The average Bonchev–Trinajstić information content (AvgIpc) is 1.17. The molecule has 1 heterocycles. The van der Waals surface area contributed by atoms with Crippen molar-refractivity contribution >= 4 is 65.0 Å². The number of aliphatic hydroxyl groups excluding tert-OH is 1. The molecule has 1 saturated heterocycles. The quantitative estimate of drug-likeness (QED) is 0.0746. The van der Waals surface area contributed by atoms with E-state index in [1.807, 2.05) is 41.5 Å². The zero-order valence-corrected chi connectivity index (χ0v) is 59.0. The van der Waals surface area contributed by atoms with E-state index in [0.29, 0.717) is 0 Å². The number of carbonyl (C=O) groups is 11. The molecule has 0 saturated carbocycles. The van der Waals surface area contributed by atoms with Gasteiger partial charge < -0.3 is 70.1 Å². The monoisotopic (exact) mass is 1270 g/mol. The summed E-state index contributed by atoms with van der Waals surface area (Å²) < 4.78 is 11.1. The number of likely N-dealkylation sites (N-methyl/N-ethyl adjacent to an activating group) is 7. The van der Waals surface area contributed by atoms with E-state index in [-0.39, 0.29) is 63.1 Å². The summed E-state index contributed by atoms with van der Waals surface area (Å²) in [4.78, 5) is 170. The van der Waals surface area contributed by atoms with E-state index in [9.17, 15) is 43.5 Å². The van der Waals surface area contributed by atoms with Crippen LogP contribution in [0.15, 0.2) is 24.4 Å². The fraction of sp³-hybridized carbons (Fsp3) is 0.769. The summed E-state index contributed by atoms with van der Waals surface area (Å²) in [5, 5.41) is 23.1. The van der Waals surface area contributed by atoms with Crippen LogP contribution < -0.4 is 21.3 Å². The van der Waals surface area contributed by atoms with Crippen molar-refractivity contribution in [3.8, 4) is 0 Å². The van der Waals surface area contributed by atoms with E-state index < -0.39 is 161 Å². The lowest BCUT2D eigenvalue weighted by atomic mass is 9.91. The van der Waals surface area contributed by atoms with Gasteiger partial charge in [-0.05, 0) is 102 Å². The molecule has 0 aromatic carbocycles. The first-order valence-electron chi connectivity index (χ1n) is 31.7. The summed E-state index contributed by atoms with van der Waals surface area (Å²) in [6.07, 6.45) is 2.44. The Kier molecular flexibility index (Phi) is 33.1. The van der Waals surface area contributed by atoms with Crippen LogP contribution in [-0.4, -0.2) is 240 Å². The Morgan fingerprint density at radius 3 is 1.47 bits per heavy atom. The highest BCUT2D eigenvalue weighted by atomic mass is 16.7. The second kappa shape index (κ2) is 36.5. The van der Waals surface area contributed by atoms with Crippen molar-refractivity contribution in [2.45, 2.75) is 228 Å². The Balaban J connectivity index is 4.46. The van der Waals surface area contributed by atoms with Crippen LogP contribution in [-0.2, 0) is 62.2 Å². The van der Waals surface area contributed by atoms with Gasteiger partial charge in [-0.1, -0.05) is 102 Å². The molecule has 1 aliphatic rings. The van der Waals surface area contributed by atoms with Gasteiger partial charge in [0.25, 0.3) is 5.91 Å². The number of allylic oxidation sites excluding steroid dienone is 2. The molecule has 0 aromatic heterocycles. The Bertz CT molecular complexity index is 2520. The van der Waals surface area contributed by atoms with Gasteiger partial charge in [0, 0.05) is 62.9 Å². The summed E-state index contributed by atoms with van der Waals surface area (Å²) in [6, 6.07) is -13.1. The van der Waals surface area contributed by atoms with Gasteiger partial charge in [-0.2, -0.15) is 0 Å². The molecule has 90 heavy (non-hydrogen) atoms. The summed E-state index contributed by atoms with van der Waals surface area (Å²) in [7, 11) is 11.0. The van der Waals surface area contributed by atoms with E-state index >= 15 is 14.4 Å². The van der Waals surface area contributed by atoms with E-state index in [1.54, 1.807) is 74.5 Å². The highest BCUT2D eigenvalue weighted by Gasteiger charge is 2.46. The van der Waals surface area contributed by atoms with E-state index in [0.717, 1.165) is 14.7 Å². The van der Waals surface area contributed by atoms with Crippen LogP contribution in [0.5, 0.6) is 0 Å². The molecule has 1 fully saturated rings. The molecule has 5 N–H and O–H groups in total. The van der Waals surface area contributed by atoms with Gasteiger partial charge >= 0.3 is 0 Å². The van der Waals surface area contributed by atoms with Crippen LogP contribution in [0.1, 0.15) is 156 Å². The smallest absolute Gasteiger partial charge is 0.270 e. The molecule has 12 atom stereocenters. The van der Waals surface area contributed by atoms with Gasteiger partial charge in [0.15, 0.2) is 0 Å². The summed E-state index contributed by atoms with van der Waals surface area (Å²) in [5.74, 6) is -10.6.